The summed E-state index contributed by atoms with van der Waals surface area (Å²) >= 11 is 0. The van der Waals surface area contributed by atoms with Gasteiger partial charge >= 0.3 is 12.0 Å². The molecular weight excluding hydrogens is 260 g/mol. The lowest BCUT2D eigenvalue weighted by atomic mass is 10.1. The number of carbonyl (C=O) groups is 2. The van der Waals surface area contributed by atoms with Crippen LogP contribution in [-0.2, 0) is 14.6 Å². The minimum absolute atomic E-state index is 0.0478. The Morgan fingerprint density at radius 1 is 1.33 bits per heavy atom. The molecule has 0 radical (unpaired) electrons. The monoisotopic (exact) mass is 278 g/mol. The molecule has 1 heterocycles. The van der Waals surface area contributed by atoms with E-state index in [1.165, 1.54) is 6.92 Å². The maximum absolute atomic E-state index is 11.4. The van der Waals surface area contributed by atoms with Crippen LogP contribution in [-0.4, -0.2) is 49.6 Å². The standard InChI is InChI=1S/C10H18N2O5S/c1-7(9(13)14)6-11-10(15)12-8-2-4-18(16,17)5-3-8/h7-8H,2-6H2,1H3,(H,13,14)(H2,11,12,15). The van der Waals surface area contributed by atoms with Crippen molar-refractivity contribution in [2.24, 2.45) is 5.92 Å². The van der Waals surface area contributed by atoms with Gasteiger partial charge in [0.05, 0.1) is 17.4 Å². The topological polar surface area (TPSA) is 113 Å². The number of carbonyl (C=O) groups excluding carboxylic acids is 1. The van der Waals surface area contributed by atoms with Crippen molar-refractivity contribution in [2.75, 3.05) is 18.1 Å². The van der Waals surface area contributed by atoms with E-state index < -0.39 is 27.8 Å². The second-order valence-corrected chi connectivity index (χ2v) is 6.82. The number of aliphatic carboxylic acids is 1. The molecule has 0 bridgehead atoms. The molecule has 1 aliphatic heterocycles. The van der Waals surface area contributed by atoms with E-state index in [1.54, 1.807) is 0 Å². The molecule has 1 atom stereocenters. The van der Waals surface area contributed by atoms with Gasteiger partial charge in [0.25, 0.3) is 0 Å². The molecule has 1 aliphatic rings. The highest BCUT2D eigenvalue weighted by molar-refractivity contribution is 7.91. The maximum Gasteiger partial charge on any atom is 0.315 e. The molecule has 1 rings (SSSR count). The molecule has 0 aromatic carbocycles. The quantitative estimate of drug-likeness (QED) is 0.646. The minimum Gasteiger partial charge on any atom is -0.481 e. The van der Waals surface area contributed by atoms with Crippen molar-refractivity contribution >= 4 is 21.8 Å². The van der Waals surface area contributed by atoms with E-state index in [2.05, 4.69) is 10.6 Å². The van der Waals surface area contributed by atoms with Crippen molar-refractivity contribution < 1.29 is 23.1 Å². The molecule has 8 heteroatoms. The van der Waals surface area contributed by atoms with Crippen LogP contribution in [0.4, 0.5) is 4.79 Å². The van der Waals surface area contributed by atoms with E-state index >= 15 is 0 Å². The highest BCUT2D eigenvalue weighted by Crippen LogP contribution is 2.11. The largest absolute Gasteiger partial charge is 0.481 e. The Morgan fingerprint density at radius 2 is 1.89 bits per heavy atom. The maximum atomic E-state index is 11.4. The molecule has 0 saturated carbocycles. The molecule has 2 amide bonds. The number of sulfone groups is 1. The Kier molecular flexibility index (Phi) is 4.94. The molecule has 1 saturated heterocycles. The van der Waals surface area contributed by atoms with Gasteiger partial charge in [0.1, 0.15) is 9.84 Å². The molecule has 1 unspecified atom stereocenters. The van der Waals surface area contributed by atoms with Gasteiger partial charge in [0.15, 0.2) is 0 Å². The van der Waals surface area contributed by atoms with Crippen molar-refractivity contribution in [2.45, 2.75) is 25.8 Å². The number of amides is 2. The summed E-state index contributed by atoms with van der Waals surface area (Å²) in [4.78, 5) is 22.0. The number of hydrogen-bond donors (Lipinski definition) is 3. The molecule has 7 nitrogen and oxygen atoms in total. The van der Waals surface area contributed by atoms with E-state index in [-0.39, 0.29) is 24.1 Å². The summed E-state index contributed by atoms with van der Waals surface area (Å²) < 4.78 is 22.4. The van der Waals surface area contributed by atoms with Crippen LogP contribution in [0.1, 0.15) is 19.8 Å². The summed E-state index contributed by atoms with van der Waals surface area (Å²) in [6.45, 7) is 1.54. The fraction of sp³-hybridized carbons (Fsp3) is 0.800. The Bertz CT molecular complexity index is 406. The highest BCUT2D eigenvalue weighted by Gasteiger charge is 2.24. The second kappa shape index (κ2) is 6.03. The normalized spacial score (nSPS) is 20.9. The first-order chi connectivity index (χ1) is 8.30. The van der Waals surface area contributed by atoms with Crippen molar-refractivity contribution in [3.05, 3.63) is 0 Å². The number of carboxylic acid groups (broad SMARTS) is 1. The van der Waals surface area contributed by atoms with Crippen LogP contribution in [0.3, 0.4) is 0 Å². The van der Waals surface area contributed by atoms with Crippen molar-refractivity contribution in [1.29, 1.82) is 0 Å². The van der Waals surface area contributed by atoms with Crippen molar-refractivity contribution in [1.82, 2.24) is 10.6 Å². The number of hydrogen-bond acceptors (Lipinski definition) is 4. The third-order valence-electron chi connectivity index (χ3n) is 2.88. The van der Waals surface area contributed by atoms with E-state index in [4.69, 9.17) is 5.11 Å². The van der Waals surface area contributed by atoms with E-state index in [0.717, 1.165) is 0 Å². The average molecular weight is 278 g/mol. The minimum atomic E-state index is -2.94. The molecule has 0 aromatic heterocycles. The average Bonchev–Trinajstić information content (AvgIpc) is 2.28. The second-order valence-electron chi connectivity index (χ2n) is 4.52. The number of carboxylic acids is 1. The zero-order valence-corrected chi connectivity index (χ0v) is 11.0. The van der Waals surface area contributed by atoms with Gasteiger partial charge in [-0.25, -0.2) is 13.2 Å². The van der Waals surface area contributed by atoms with Gasteiger partial charge in [-0.2, -0.15) is 0 Å². The van der Waals surface area contributed by atoms with Gasteiger partial charge in [-0.1, -0.05) is 6.92 Å². The molecule has 18 heavy (non-hydrogen) atoms. The molecule has 3 N–H and O–H groups in total. The highest BCUT2D eigenvalue weighted by atomic mass is 32.2. The summed E-state index contributed by atoms with van der Waals surface area (Å²) in [5.74, 6) is -1.45. The van der Waals surface area contributed by atoms with Gasteiger partial charge in [-0.15, -0.1) is 0 Å². The molecular formula is C10H18N2O5S. The van der Waals surface area contributed by atoms with Crippen LogP contribution >= 0.6 is 0 Å². The smallest absolute Gasteiger partial charge is 0.315 e. The Labute approximate surface area is 106 Å². The Hall–Kier alpha value is -1.31. The summed E-state index contributed by atoms with van der Waals surface area (Å²) in [6, 6.07) is -0.610. The fourth-order valence-electron chi connectivity index (χ4n) is 1.60. The van der Waals surface area contributed by atoms with Crippen LogP contribution < -0.4 is 10.6 Å². The summed E-state index contributed by atoms with van der Waals surface area (Å²) in [5.41, 5.74) is 0. The van der Waals surface area contributed by atoms with E-state index in [1.807, 2.05) is 0 Å². The van der Waals surface area contributed by atoms with E-state index in [0.29, 0.717) is 12.8 Å². The predicted molar refractivity (Wildman–Crippen MR) is 65.0 cm³/mol. The van der Waals surface area contributed by atoms with Gasteiger partial charge in [-0.3, -0.25) is 4.79 Å². The van der Waals surface area contributed by atoms with Crippen LogP contribution in [0.5, 0.6) is 0 Å². The van der Waals surface area contributed by atoms with Gasteiger partial charge < -0.3 is 15.7 Å². The Morgan fingerprint density at radius 3 is 2.39 bits per heavy atom. The van der Waals surface area contributed by atoms with Crippen LogP contribution in [0.25, 0.3) is 0 Å². The zero-order chi connectivity index (χ0) is 13.8. The van der Waals surface area contributed by atoms with Crippen LogP contribution in [0.2, 0.25) is 0 Å². The van der Waals surface area contributed by atoms with Gasteiger partial charge in [0.2, 0.25) is 0 Å². The number of urea groups is 1. The fourth-order valence-corrected chi connectivity index (χ4v) is 3.10. The summed E-state index contributed by atoms with van der Waals surface area (Å²) in [7, 11) is -2.94. The lowest BCUT2D eigenvalue weighted by Gasteiger charge is -2.23. The van der Waals surface area contributed by atoms with Crippen molar-refractivity contribution in [3.8, 4) is 0 Å². The molecule has 0 spiro atoms. The molecule has 0 aliphatic carbocycles. The van der Waals surface area contributed by atoms with Gasteiger partial charge in [-0.05, 0) is 12.8 Å². The van der Waals surface area contributed by atoms with Crippen molar-refractivity contribution in [3.63, 3.8) is 0 Å². The summed E-state index contributed by atoms with van der Waals surface area (Å²) in [6.07, 6.45) is 0.814. The van der Waals surface area contributed by atoms with Crippen LogP contribution in [0, 0.1) is 5.92 Å². The number of rotatable bonds is 4. The first kappa shape index (κ1) is 14.7. The molecule has 0 aromatic rings. The summed E-state index contributed by atoms with van der Waals surface area (Å²) in [5, 5.41) is 13.7. The SMILES string of the molecule is CC(CNC(=O)NC1CCS(=O)(=O)CC1)C(=O)O. The first-order valence-corrected chi connectivity index (χ1v) is 7.60. The third kappa shape index (κ3) is 4.91. The first-order valence-electron chi connectivity index (χ1n) is 5.78. The molecule has 1 fully saturated rings. The predicted octanol–water partition coefficient (Wildman–Crippen LogP) is -0.416. The van der Waals surface area contributed by atoms with E-state index in [9.17, 15) is 18.0 Å². The lowest BCUT2D eigenvalue weighted by Crippen LogP contribution is -2.46. The van der Waals surface area contributed by atoms with Crippen LogP contribution in [0.15, 0.2) is 0 Å². The lowest BCUT2D eigenvalue weighted by molar-refractivity contribution is -0.140. The zero-order valence-electron chi connectivity index (χ0n) is 10.2. The third-order valence-corrected chi connectivity index (χ3v) is 4.60. The Balaban J connectivity index is 2.27. The number of nitrogens with one attached hydrogen (secondary N) is 2. The molecule has 104 valence electrons. The van der Waals surface area contributed by atoms with Gasteiger partial charge in [0, 0.05) is 12.6 Å².